The fourth-order valence-electron chi connectivity index (χ4n) is 3.08. The first-order valence-electron chi connectivity index (χ1n) is 8.41. The minimum atomic E-state index is -0.194. The molecule has 1 heterocycles. The molecule has 1 aliphatic heterocycles. The SMILES string of the molecule is O=C(OCc1ccccc1)N1CCC(Cc2ccc(Br)cc2)CC1. The van der Waals surface area contributed by atoms with Crippen molar-refractivity contribution >= 4 is 22.0 Å². The maximum absolute atomic E-state index is 12.2. The molecule has 4 heteroatoms. The van der Waals surface area contributed by atoms with Crippen LogP contribution in [0, 0.1) is 5.92 Å². The summed E-state index contributed by atoms with van der Waals surface area (Å²) >= 11 is 3.47. The number of carbonyl (C=O) groups is 1. The van der Waals surface area contributed by atoms with E-state index in [-0.39, 0.29) is 6.09 Å². The Kier molecular flexibility index (Phi) is 5.91. The largest absolute Gasteiger partial charge is 0.445 e. The average Bonchev–Trinajstić information content (AvgIpc) is 2.63. The number of carbonyl (C=O) groups excluding carboxylic acids is 1. The van der Waals surface area contributed by atoms with Gasteiger partial charge in [0.1, 0.15) is 6.61 Å². The molecule has 0 aliphatic carbocycles. The van der Waals surface area contributed by atoms with Gasteiger partial charge in [0.15, 0.2) is 0 Å². The molecule has 0 radical (unpaired) electrons. The highest BCUT2D eigenvalue weighted by atomic mass is 79.9. The van der Waals surface area contributed by atoms with Gasteiger partial charge in [0.05, 0.1) is 0 Å². The van der Waals surface area contributed by atoms with E-state index in [0.29, 0.717) is 12.5 Å². The number of benzene rings is 2. The van der Waals surface area contributed by atoms with E-state index in [9.17, 15) is 4.79 Å². The summed E-state index contributed by atoms with van der Waals surface area (Å²) in [4.78, 5) is 14.0. The molecule has 3 nitrogen and oxygen atoms in total. The number of amides is 1. The molecule has 2 aromatic rings. The van der Waals surface area contributed by atoms with Crippen molar-refractivity contribution in [2.45, 2.75) is 25.9 Å². The molecule has 2 aromatic carbocycles. The monoisotopic (exact) mass is 387 g/mol. The van der Waals surface area contributed by atoms with E-state index < -0.39 is 0 Å². The number of halogens is 1. The van der Waals surface area contributed by atoms with E-state index in [1.807, 2.05) is 35.2 Å². The Bertz CT molecular complexity index is 649. The fraction of sp³-hybridized carbons (Fsp3) is 0.350. The van der Waals surface area contributed by atoms with Crippen molar-refractivity contribution in [3.63, 3.8) is 0 Å². The maximum Gasteiger partial charge on any atom is 0.410 e. The fourth-order valence-corrected chi connectivity index (χ4v) is 3.35. The van der Waals surface area contributed by atoms with Gasteiger partial charge in [-0.25, -0.2) is 4.79 Å². The molecule has 0 atom stereocenters. The first-order valence-corrected chi connectivity index (χ1v) is 9.20. The molecule has 0 N–H and O–H groups in total. The van der Waals surface area contributed by atoms with Gasteiger partial charge in [0.25, 0.3) is 0 Å². The van der Waals surface area contributed by atoms with Gasteiger partial charge >= 0.3 is 6.09 Å². The van der Waals surface area contributed by atoms with Gasteiger partial charge < -0.3 is 9.64 Å². The molecule has 0 spiro atoms. The molecule has 1 aliphatic rings. The lowest BCUT2D eigenvalue weighted by Gasteiger charge is -2.31. The average molecular weight is 388 g/mol. The van der Waals surface area contributed by atoms with Crippen molar-refractivity contribution < 1.29 is 9.53 Å². The lowest BCUT2D eigenvalue weighted by Crippen LogP contribution is -2.39. The van der Waals surface area contributed by atoms with Gasteiger partial charge in [0, 0.05) is 17.6 Å². The summed E-state index contributed by atoms with van der Waals surface area (Å²) in [5.41, 5.74) is 2.39. The van der Waals surface area contributed by atoms with Crippen molar-refractivity contribution in [1.29, 1.82) is 0 Å². The number of ether oxygens (including phenoxy) is 1. The number of hydrogen-bond acceptors (Lipinski definition) is 2. The number of nitrogens with zero attached hydrogens (tertiary/aromatic N) is 1. The highest BCUT2D eigenvalue weighted by molar-refractivity contribution is 9.10. The molecule has 24 heavy (non-hydrogen) atoms. The Morgan fingerprint density at radius 2 is 1.67 bits per heavy atom. The van der Waals surface area contributed by atoms with E-state index in [2.05, 4.69) is 40.2 Å². The van der Waals surface area contributed by atoms with Crippen LogP contribution in [0.15, 0.2) is 59.1 Å². The summed E-state index contributed by atoms with van der Waals surface area (Å²) in [6.07, 6.45) is 2.97. The third-order valence-electron chi connectivity index (χ3n) is 4.52. The topological polar surface area (TPSA) is 29.5 Å². The quantitative estimate of drug-likeness (QED) is 0.735. The normalized spacial score (nSPS) is 15.3. The zero-order chi connectivity index (χ0) is 16.8. The van der Waals surface area contributed by atoms with Crippen LogP contribution in [-0.4, -0.2) is 24.1 Å². The van der Waals surface area contributed by atoms with Crippen LogP contribution in [0.4, 0.5) is 4.79 Å². The second kappa shape index (κ2) is 8.34. The van der Waals surface area contributed by atoms with Crippen molar-refractivity contribution in [3.8, 4) is 0 Å². The number of hydrogen-bond donors (Lipinski definition) is 0. The maximum atomic E-state index is 12.2. The summed E-state index contributed by atoms with van der Waals surface area (Å²) in [5.74, 6) is 0.643. The van der Waals surface area contributed by atoms with E-state index in [1.54, 1.807) is 0 Å². The second-order valence-electron chi connectivity index (χ2n) is 6.30. The first kappa shape index (κ1) is 17.0. The van der Waals surface area contributed by atoms with E-state index in [0.717, 1.165) is 42.4 Å². The van der Waals surface area contributed by atoms with Crippen molar-refractivity contribution in [1.82, 2.24) is 4.90 Å². The van der Waals surface area contributed by atoms with Crippen LogP contribution in [0.3, 0.4) is 0 Å². The third-order valence-corrected chi connectivity index (χ3v) is 5.04. The van der Waals surface area contributed by atoms with E-state index in [1.165, 1.54) is 5.56 Å². The van der Waals surface area contributed by atoms with Crippen LogP contribution in [0.2, 0.25) is 0 Å². The van der Waals surface area contributed by atoms with Gasteiger partial charge in [0.2, 0.25) is 0 Å². The molecule has 1 saturated heterocycles. The van der Waals surface area contributed by atoms with Gasteiger partial charge in [-0.2, -0.15) is 0 Å². The molecule has 0 bridgehead atoms. The minimum absolute atomic E-state index is 0.194. The summed E-state index contributed by atoms with van der Waals surface area (Å²) in [5, 5.41) is 0. The summed E-state index contributed by atoms with van der Waals surface area (Å²) in [7, 11) is 0. The zero-order valence-electron chi connectivity index (χ0n) is 13.7. The van der Waals surface area contributed by atoms with Gasteiger partial charge in [-0.15, -0.1) is 0 Å². The molecule has 0 aromatic heterocycles. The van der Waals surface area contributed by atoms with Crippen molar-refractivity contribution in [3.05, 3.63) is 70.2 Å². The van der Waals surface area contributed by atoms with Crippen LogP contribution in [-0.2, 0) is 17.8 Å². The molecular weight excluding hydrogens is 366 g/mol. The standard InChI is InChI=1S/C20H22BrNO2/c21-19-8-6-16(7-9-19)14-17-10-12-22(13-11-17)20(23)24-15-18-4-2-1-3-5-18/h1-9,17H,10-15H2. The lowest BCUT2D eigenvalue weighted by atomic mass is 9.90. The van der Waals surface area contributed by atoms with Crippen LogP contribution in [0.5, 0.6) is 0 Å². The van der Waals surface area contributed by atoms with Crippen LogP contribution in [0.25, 0.3) is 0 Å². The lowest BCUT2D eigenvalue weighted by molar-refractivity contribution is 0.0823. The Morgan fingerprint density at radius 1 is 1.00 bits per heavy atom. The van der Waals surface area contributed by atoms with Crippen LogP contribution >= 0.6 is 15.9 Å². The molecular formula is C20H22BrNO2. The summed E-state index contributed by atoms with van der Waals surface area (Å²) in [6.45, 7) is 1.92. The zero-order valence-corrected chi connectivity index (χ0v) is 15.2. The molecule has 1 fully saturated rings. The molecule has 126 valence electrons. The molecule has 0 saturated carbocycles. The Balaban J connectivity index is 1.42. The highest BCUT2D eigenvalue weighted by Crippen LogP contribution is 2.23. The van der Waals surface area contributed by atoms with E-state index >= 15 is 0 Å². The Labute approximate surface area is 151 Å². The third kappa shape index (κ3) is 4.84. The number of piperidine rings is 1. The van der Waals surface area contributed by atoms with Gasteiger partial charge in [-0.3, -0.25) is 0 Å². The molecule has 0 unspecified atom stereocenters. The smallest absolute Gasteiger partial charge is 0.410 e. The van der Waals surface area contributed by atoms with Crippen LogP contribution < -0.4 is 0 Å². The van der Waals surface area contributed by atoms with Gasteiger partial charge in [-0.05, 0) is 48.4 Å². The highest BCUT2D eigenvalue weighted by Gasteiger charge is 2.23. The second-order valence-corrected chi connectivity index (χ2v) is 7.22. The van der Waals surface area contributed by atoms with Crippen LogP contribution in [0.1, 0.15) is 24.0 Å². The number of rotatable bonds is 4. The Hall–Kier alpha value is -1.81. The first-order chi connectivity index (χ1) is 11.7. The van der Waals surface area contributed by atoms with Gasteiger partial charge in [-0.1, -0.05) is 58.4 Å². The van der Waals surface area contributed by atoms with Crippen molar-refractivity contribution in [2.24, 2.45) is 5.92 Å². The predicted octanol–water partition coefficient (Wildman–Crippen LogP) is 5.04. The van der Waals surface area contributed by atoms with E-state index in [4.69, 9.17) is 4.74 Å². The van der Waals surface area contributed by atoms with Crippen molar-refractivity contribution in [2.75, 3.05) is 13.1 Å². The summed E-state index contributed by atoms with van der Waals surface area (Å²) in [6, 6.07) is 18.3. The predicted molar refractivity (Wildman–Crippen MR) is 98.8 cm³/mol. The number of likely N-dealkylation sites (tertiary alicyclic amines) is 1. The molecule has 3 rings (SSSR count). The molecule has 1 amide bonds. The Morgan fingerprint density at radius 3 is 2.33 bits per heavy atom. The summed E-state index contributed by atoms with van der Waals surface area (Å²) < 4.78 is 6.53. The minimum Gasteiger partial charge on any atom is -0.445 e.